The molecule has 0 unspecified atom stereocenters. The maximum Gasteiger partial charge on any atom is 0.256 e. The maximum atomic E-state index is 12.2. The Morgan fingerprint density at radius 2 is 1.91 bits per heavy atom. The van der Waals surface area contributed by atoms with E-state index in [1.54, 1.807) is 48.3 Å². The first-order chi connectivity index (χ1) is 11.1. The number of aryl methyl sites for hydroxylation is 1. The molecule has 6 nitrogen and oxygen atoms in total. The molecule has 0 radical (unpaired) electrons. The fourth-order valence-corrected chi connectivity index (χ4v) is 2.99. The number of hydroxylamine groups is 1. The molecule has 1 amide bonds. The zero-order chi connectivity index (χ0) is 16.2. The summed E-state index contributed by atoms with van der Waals surface area (Å²) in [6.07, 6.45) is 7.22. The number of hydrogen-bond donors (Lipinski definition) is 2. The minimum atomic E-state index is -0.192. The van der Waals surface area contributed by atoms with Crippen molar-refractivity contribution in [2.75, 3.05) is 10.4 Å². The van der Waals surface area contributed by atoms with Crippen molar-refractivity contribution in [3.05, 3.63) is 42.1 Å². The zero-order valence-electron chi connectivity index (χ0n) is 13.3. The van der Waals surface area contributed by atoms with Crippen molar-refractivity contribution < 1.29 is 10.0 Å². The summed E-state index contributed by atoms with van der Waals surface area (Å²) in [5.41, 5.74) is 1.28. The molecule has 1 heterocycles. The predicted octanol–water partition coefficient (Wildman–Crippen LogP) is 3.20. The van der Waals surface area contributed by atoms with Crippen LogP contribution in [0.5, 0.6) is 0 Å². The summed E-state index contributed by atoms with van der Waals surface area (Å²) in [5, 5.41) is 18.5. The molecule has 2 N–H and O–H groups in total. The summed E-state index contributed by atoms with van der Waals surface area (Å²) in [4.78, 5) is 12.2. The van der Waals surface area contributed by atoms with Crippen LogP contribution in [0.15, 0.2) is 36.5 Å². The summed E-state index contributed by atoms with van der Waals surface area (Å²) in [7, 11) is 1.77. The molecule has 1 fully saturated rings. The van der Waals surface area contributed by atoms with Crippen LogP contribution in [-0.2, 0) is 7.05 Å². The van der Waals surface area contributed by atoms with Gasteiger partial charge < -0.3 is 5.32 Å². The molecule has 0 saturated heterocycles. The molecule has 2 aromatic rings. The lowest BCUT2D eigenvalue weighted by molar-refractivity contribution is 0.102. The first kappa shape index (κ1) is 15.6. The van der Waals surface area contributed by atoms with Gasteiger partial charge in [-0.15, -0.1) is 0 Å². The molecule has 1 aliphatic rings. The number of aromatic nitrogens is 2. The zero-order valence-corrected chi connectivity index (χ0v) is 13.3. The minimum absolute atomic E-state index is 0.179. The van der Waals surface area contributed by atoms with Crippen LogP contribution in [0.25, 0.3) is 0 Å². The van der Waals surface area contributed by atoms with Gasteiger partial charge in [0.25, 0.3) is 5.91 Å². The Bertz CT molecular complexity index is 659. The van der Waals surface area contributed by atoms with E-state index in [-0.39, 0.29) is 11.9 Å². The van der Waals surface area contributed by atoms with Crippen molar-refractivity contribution in [3.63, 3.8) is 0 Å². The molecule has 6 heteroatoms. The Morgan fingerprint density at radius 3 is 2.52 bits per heavy atom. The van der Waals surface area contributed by atoms with E-state index in [0.717, 1.165) is 31.4 Å². The van der Waals surface area contributed by atoms with Crippen molar-refractivity contribution in [1.29, 1.82) is 0 Å². The number of carbonyl (C=O) groups is 1. The van der Waals surface area contributed by atoms with E-state index >= 15 is 0 Å². The third-order valence-corrected chi connectivity index (χ3v) is 4.38. The van der Waals surface area contributed by atoms with Crippen molar-refractivity contribution >= 4 is 17.4 Å². The van der Waals surface area contributed by atoms with Crippen LogP contribution in [0.1, 0.15) is 42.5 Å². The molecule has 1 saturated carbocycles. The third kappa shape index (κ3) is 3.53. The number of carbonyl (C=O) groups excluding carboxylic acids is 1. The average Bonchev–Trinajstić information content (AvgIpc) is 3.00. The van der Waals surface area contributed by atoms with Gasteiger partial charge in [-0.05, 0) is 37.1 Å². The van der Waals surface area contributed by atoms with Crippen molar-refractivity contribution in [2.24, 2.45) is 7.05 Å². The van der Waals surface area contributed by atoms with Crippen LogP contribution in [0.3, 0.4) is 0 Å². The van der Waals surface area contributed by atoms with E-state index in [1.807, 2.05) is 0 Å². The van der Waals surface area contributed by atoms with Crippen LogP contribution < -0.4 is 10.4 Å². The fourth-order valence-electron chi connectivity index (χ4n) is 2.99. The van der Waals surface area contributed by atoms with Gasteiger partial charge in [0.1, 0.15) is 5.82 Å². The van der Waals surface area contributed by atoms with Gasteiger partial charge in [0.2, 0.25) is 0 Å². The molecule has 0 bridgehead atoms. The van der Waals surface area contributed by atoms with Crippen molar-refractivity contribution in [2.45, 2.75) is 38.1 Å². The van der Waals surface area contributed by atoms with Crippen LogP contribution in [0.4, 0.5) is 11.5 Å². The Hall–Kier alpha value is -2.34. The Balaban J connectivity index is 1.66. The maximum absolute atomic E-state index is 12.2. The average molecular weight is 314 g/mol. The number of hydrogen-bond acceptors (Lipinski definition) is 4. The van der Waals surface area contributed by atoms with E-state index in [2.05, 4.69) is 10.4 Å². The molecule has 0 spiro atoms. The van der Waals surface area contributed by atoms with Gasteiger partial charge in [0, 0.05) is 18.7 Å². The topological polar surface area (TPSA) is 70.4 Å². The number of rotatable bonds is 4. The summed E-state index contributed by atoms with van der Waals surface area (Å²) in [6, 6.07) is 8.95. The lowest BCUT2D eigenvalue weighted by Gasteiger charge is -2.30. The van der Waals surface area contributed by atoms with Gasteiger partial charge in [-0.2, -0.15) is 5.10 Å². The van der Waals surface area contributed by atoms with E-state index in [1.165, 1.54) is 11.5 Å². The summed E-state index contributed by atoms with van der Waals surface area (Å²) < 4.78 is 1.60. The van der Waals surface area contributed by atoms with Crippen LogP contribution >= 0.6 is 0 Å². The fraction of sp³-hybridized carbons (Fsp3) is 0.412. The molecule has 0 atom stereocenters. The van der Waals surface area contributed by atoms with Crippen LogP contribution in [0.2, 0.25) is 0 Å². The quantitative estimate of drug-likeness (QED) is 0.850. The Kier molecular flexibility index (Phi) is 4.62. The number of benzene rings is 1. The lowest BCUT2D eigenvalue weighted by atomic mass is 9.95. The standard InChI is InChI=1S/C17H22N4O2/c1-20-16(11-12-18-20)19-17(22)13-7-9-15(10-8-13)21(23)14-5-3-2-4-6-14/h7-12,14,23H,2-6H2,1H3,(H,19,22). The van der Waals surface area contributed by atoms with Gasteiger partial charge >= 0.3 is 0 Å². The second-order valence-corrected chi connectivity index (χ2v) is 5.98. The van der Waals surface area contributed by atoms with Crippen molar-refractivity contribution in [1.82, 2.24) is 9.78 Å². The van der Waals surface area contributed by atoms with Gasteiger partial charge in [-0.25, -0.2) is 0 Å². The second-order valence-electron chi connectivity index (χ2n) is 5.98. The molecule has 1 aliphatic carbocycles. The molecular weight excluding hydrogens is 292 g/mol. The van der Waals surface area contributed by atoms with Gasteiger partial charge in [-0.1, -0.05) is 19.3 Å². The molecule has 23 heavy (non-hydrogen) atoms. The molecule has 122 valence electrons. The number of nitrogens with one attached hydrogen (secondary N) is 1. The first-order valence-corrected chi connectivity index (χ1v) is 8.02. The summed E-state index contributed by atoms with van der Waals surface area (Å²) >= 11 is 0. The highest BCUT2D eigenvalue weighted by atomic mass is 16.5. The molecular formula is C17H22N4O2. The van der Waals surface area contributed by atoms with E-state index in [0.29, 0.717) is 11.4 Å². The highest BCUT2D eigenvalue weighted by Crippen LogP contribution is 2.26. The summed E-state index contributed by atoms with van der Waals surface area (Å²) in [6.45, 7) is 0. The molecule has 3 rings (SSSR count). The van der Waals surface area contributed by atoms with Crippen LogP contribution in [0, 0.1) is 0 Å². The predicted molar refractivity (Wildman–Crippen MR) is 88.7 cm³/mol. The number of amides is 1. The normalized spacial score (nSPS) is 15.4. The lowest BCUT2D eigenvalue weighted by Crippen LogP contribution is -2.33. The molecule has 1 aromatic carbocycles. The van der Waals surface area contributed by atoms with E-state index in [9.17, 15) is 10.0 Å². The third-order valence-electron chi connectivity index (χ3n) is 4.38. The van der Waals surface area contributed by atoms with E-state index in [4.69, 9.17) is 0 Å². The highest BCUT2D eigenvalue weighted by Gasteiger charge is 2.20. The largest absolute Gasteiger partial charge is 0.307 e. The van der Waals surface area contributed by atoms with Crippen molar-refractivity contribution in [3.8, 4) is 0 Å². The number of nitrogens with zero attached hydrogens (tertiary/aromatic N) is 3. The monoisotopic (exact) mass is 314 g/mol. The van der Waals surface area contributed by atoms with Crippen LogP contribution in [-0.4, -0.2) is 26.9 Å². The highest BCUT2D eigenvalue weighted by molar-refractivity contribution is 6.03. The Labute approximate surface area is 135 Å². The van der Waals surface area contributed by atoms with E-state index < -0.39 is 0 Å². The number of anilines is 2. The summed E-state index contributed by atoms with van der Waals surface area (Å²) in [5.74, 6) is 0.451. The second kappa shape index (κ2) is 6.83. The SMILES string of the molecule is Cn1nccc1NC(=O)c1ccc(N(O)C2CCCCC2)cc1. The molecule has 1 aromatic heterocycles. The van der Waals surface area contributed by atoms with Gasteiger partial charge in [0.05, 0.1) is 17.9 Å². The smallest absolute Gasteiger partial charge is 0.256 e. The molecule has 0 aliphatic heterocycles. The van der Waals surface area contributed by atoms with Gasteiger partial charge in [0.15, 0.2) is 0 Å². The minimum Gasteiger partial charge on any atom is -0.307 e. The van der Waals surface area contributed by atoms with Gasteiger partial charge in [-0.3, -0.25) is 19.7 Å². The Morgan fingerprint density at radius 1 is 1.22 bits per heavy atom. The first-order valence-electron chi connectivity index (χ1n) is 8.02.